The molecule has 2 aromatic heterocycles. The Hall–Kier alpha value is -2.74. The molecule has 1 aromatic carbocycles. The van der Waals surface area contributed by atoms with Crippen LogP contribution in [0.25, 0.3) is 11.4 Å². The Balaban J connectivity index is 1.85. The molecule has 0 amide bonds. The molecule has 3 aromatic rings. The van der Waals surface area contributed by atoms with Gasteiger partial charge < -0.3 is 4.57 Å². The second-order valence-electron chi connectivity index (χ2n) is 4.45. The molecule has 8 heteroatoms. The van der Waals surface area contributed by atoms with Crippen LogP contribution in [0.15, 0.2) is 58.8 Å². The number of nitro benzene ring substituents is 1. The molecular formula is C14H11N5O2S. The predicted octanol–water partition coefficient (Wildman–Crippen LogP) is 2.94. The summed E-state index contributed by atoms with van der Waals surface area (Å²) in [6.07, 6.45) is 3.40. The smallest absolute Gasteiger partial charge is 0.269 e. The normalized spacial score (nSPS) is 10.6. The van der Waals surface area contributed by atoms with Gasteiger partial charge in [0.25, 0.3) is 5.69 Å². The Kier molecular flexibility index (Phi) is 3.84. The summed E-state index contributed by atoms with van der Waals surface area (Å²) in [6, 6.07) is 10.1. The van der Waals surface area contributed by atoms with E-state index >= 15 is 0 Å². The average molecular weight is 313 g/mol. The van der Waals surface area contributed by atoms with Gasteiger partial charge in [-0.2, -0.15) is 0 Å². The van der Waals surface area contributed by atoms with Crippen molar-refractivity contribution in [2.24, 2.45) is 7.05 Å². The first-order valence-electron chi connectivity index (χ1n) is 6.37. The highest BCUT2D eigenvalue weighted by atomic mass is 32.2. The lowest BCUT2D eigenvalue weighted by Crippen LogP contribution is -1.94. The van der Waals surface area contributed by atoms with Gasteiger partial charge in [0.2, 0.25) is 0 Å². The van der Waals surface area contributed by atoms with Crippen LogP contribution in [0.5, 0.6) is 0 Å². The van der Waals surface area contributed by atoms with E-state index in [1.807, 2.05) is 23.7 Å². The highest BCUT2D eigenvalue weighted by Crippen LogP contribution is 2.29. The molecule has 0 fully saturated rings. The average Bonchev–Trinajstić information content (AvgIpc) is 2.90. The van der Waals surface area contributed by atoms with E-state index in [1.165, 1.54) is 23.9 Å². The Morgan fingerprint density at radius 1 is 1.09 bits per heavy atom. The fraction of sp³-hybridized carbons (Fsp3) is 0.0714. The Morgan fingerprint density at radius 2 is 1.77 bits per heavy atom. The lowest BCUT2D eigenvalue weighted by atomic mass is 10.2. The van der Waals surface area contributed by atoms with E-state index in [4.69, 9.17) is 0 Å². The summed E-state index contributed by atoms with van der Waals surface area (Å²) in [5, 5.41) is 19.7. The fourth-order valence-corrected chi connectivity index (χ4v) is 2.69. The second kappa shape index (κ2) is 5.94. The number of hydrogen-bond donors (Lipinski definition) is 0. The van der Waals surface area contributed by atoms with E-state index < -0.39 is 4.92 Å². The van der Waals surface area contributed by atoms with Gasteiger partial charge in [-0.1, -0.05) is 0 Å². The fourth-order valence-electron chi connectivity index (χ4n) is 1.90. The Bertz CT molecular complexity index is 802. The molecule has 0 aliphatic carbocycles. The minimum atomic E-state index is -0.418. The molecule has 110 valence electrons. The maximum Gasteiger partial charge on any atom is 0.269 e. The van der Waals surface area contributed by atoms with E-state index in [2.05, 4.69) is 15.2 Å². The summed E-state index contributed by atoms with van der Waals surface area (Å²) in [6.45, 7) is 0. The van der Waals surface area contributed by atoms with Crippen molar-refractivity contribution in [3.63, 3.8) is 0 Å². The number of non-ortho nitro benzene ring substituents is 1. The molecule has 0 radical (unpaired) electrons. The molecular weight excluding hydrogens is 302 g/mol. The minimum absolute atomic E-state index is 0.0692. The SMILES string of the molecule is Cn1c(Sc2ccc([N+](=O)[O-])cc2)nnc1-c1ccncc1. The van der Waals surface area contributed by atoms with Gasteiger partial charge in [0.05, 0.1) is 4.92 Å². The lowest BCUT2D eigenvalue weighted by molar-refractivity contribution is -0.384. The number of pyridine rings is 1. The number of nitro groups is 1. The molecule has 22 heavy (non-hydrogen) atoms. The zero-order valence-electron chi connectivity index (χ0n) is 11.6. The quantitative estimate of drug-likeness (QED) is 0.543. The molecule has 0 saturated heterocycles. The summed E-state index contributed by atoms with van der Waals surface area (Å²) in [4.78, 5) is 15.1. The second-order valence-corrected chi connectivity index (χ2v) is 5.49. The molecule has 0 aliphatic heterocycles. The van der Waals surface area contributed by atoms with Crippen molar-refractivity contribution in [2.75, 3.05) is 0 Å². The number of nitrogens with zero attached hydrogens (tertiary/aromatic N) is 5. The highest BCUT2D eigenvalue weighted by molar-refractivity contribution is 7.99. The van der Waals surface area contributed by atoms with Crippen molar-refractivity contribution in [1.82, 2.24) is 19.7 Å². The maximum atomic E-state index is 10.7. The van der Waals surface area contributed by atoms with Gasteiger partial charge in [0, 0.05) is 42.0 Å². The molecule has 0 saturated carbocycles. The van der Waals surface area contributed by atoms with E-state index in [9.17, 15) is 10.1 Å². The number of aromatic nitrogens is 4. The van der Waals surface area contributed by atoms with Crippen LogP contribution in [0, 0.1) is 10.1 Å². The molecule has 3 rings (SSSR count). The third-order valence-electron chi connectivity index (χ3n) is 3.03. The zero-order chi connectivity index (χ0) is 15.5. The highest BCUT2D eigenvalue weighted by Gasteiger charge is 2.12. The van der Waals surface area contributed by atoms with Crippen molar-refractivity contribution in [2.45, 2.75) is 10.1 Å². The van der Waals surface area contributed by atoms with Crippen LogP contribution in [0.2, 0.25) is 0 Å². The van der Waals surface area contributed by atoms with Crippen LogP contribution in [0.4, 0.5) is 5.69 Å². The van der Waals surface area contributed by atoms with Crippen LogP contribution in [0.3, 0.4) is 0 Å². The Morgan fingerprint density at radius 3 is 2.41 bits per heavy atom. The van der Waals surface area contributed by atoms with Crippen LogP contribution >= 0.6 is 11.8 Å². The standard InChI is InChI=1S/C14H11N5O2S/c1-18-13(10-6-8-15-9-7-10)16-17-14(18)22-12-4-2-11(3-5-12)19(20)21/h2-9H,1H3. The van der Waals surface area contributed by atoms with Crippen LogP contribution in [0.1, 0.15) is 0 Å². The molecule has 0 atom stereocenters. The zero-order valence-corrected chi connectivity index (χ0v) is 12.4. The largest absolute Gasteiger partial charge is 0.305 e. The third-order valence-corrected chi connectivity index (χ3v) is 4.08. The predicted molar refractivity (Wildman–Crippen MR) is 81.5 cm³/mol. The van der Waals surface area contributed by atoms with E-state index in [0.717, 1.165) is 16.3 Å². The third kappa shape index (κ3) is 2.82. The summed E-state index contributed by atoms with van der Waals surface area (Å²) >= 11 is 1.40. The van der Waals surface area contributed by atoms with Gasteiger partial charge in [0.1, 0.15) is 0 Å². The molecule has 0 unspecified atom stereocenters. The molecule has 2 heterocycles. The van der Waals surface area contributed by atoms with Gasteiger partial charge in [-0.05, 0) is 36.0 Å². The summed E-state index contributed by atoms with van der Waals surface area (Å²) in [5.41, 5.74) is 1.00. The first-order chi connectivity index (χ1) is 10.6. The van der Waals surface area contributed by atoms with Crippen molar-refractivity contribution in [3.05, 3.63) is 58.9 Å². The summed E-state index contributed by atoms with van der Waals surface area (Å²) < 4.78 is 1.88. The van der Waals surface area contributed by atoms with Crippen molar-refractivity contribution in [1.29, 1.82) is 0 Å². The minimum Gasteiger partial charge on any atom is -0.305 e. The van der Waals surface area contributed by atoms with Crippen LogP contribution in [-0.2, 0) is 7.05 Å². The molecule has 0 bridgehead atoms. The topological polar surface area (TPSA) is 86.7 Å². The van der Waals surface area contributed by atoms with Gasteiger partial charge >= 0.3 is 0 Å². The first kappa shape index (κ1) is 14.2. The van der Waals surface area contributed by atoms with Crippen molar-refractivity contribution >= 4 is 17.4 Å². The van der Waals surface area contributed by atoms with E-state index in [0.29, 0.717) is 5.16 Å². The van der Waals surface area contributed by atoms with Gasteiger partial charge in [-0.25, -0.2) is 0 Å². The molecule has 0 spiro atoms. The van der Waals surface area contributed by atoms with Gasteiger partial charge in [0.15, 0.2) is 11.0 Å². The molecule has 0 N–H and O–H groups in total. The molecule has 7 nitrogen and oxygen atoms in total. The monoisotopic (exact) mass is 313 g/mol. The number of hydrogen-bond acceptors (Lipinski definition) is 6. The van der Waals surface area contributed by atoms with Crippen LogP contribution < -0.4 is 0 Å². The van der Waals surface area contributed by atoms with Crippen molar-refractivity contribution in [3.8, 4) is 11.4 Å². The van der Waals surface area contributed by atoms with E-state index in [1.54, 1.807) is 24.5 Å². The lowest BCUT2D eigenvalue weighted by Gasteiger charge is -2.03. The summed E-state index contributed by atoms with van der Waals surface area (Å²) in [7, 11) is 1.88. The van der Waals surface area contributed by atoms with E-state index in [-0.39, 0.29) is 5.69 Å². The maximum absolute atomic E-state index is 10.7. The summed E-state index contributed by atoms with van der Waals surface area (Å²) in [5.74, 6) is 0.742. The van der Waals surface area contributed by atoms with Crippen molar-refractivity contribution < 1.29 is 4.92 Å². The van der Waals surface area contributed by atoms with Gasteiger partial charge in [-0.15, -0.1) is 10.2 Å². The Labute approximate surface area is 130 Å². The first-order valence-corrected chi connectivity index (χ1v) is 7.19. The van der Waals surface area contributed by atoms with Crippen LogP contribution in [-0.4, -0.2) is 24.7 Å². The van der Waals surface area contributed by atoms with Gasteiger partial charge in [-0.3, -0.25) is 15.1 Å². The number of rotatable bonds is 4. The molecule has 0 aliphatic rings. The number of benzene rings is 1.